The summed E-state index contributed by atoms with van der Waals surface area (Å²) in [4.78, 5) is 18.1. The van der Waals surface area contributed by atoms with Crippen LogP contribution in [0.5, 0.6) is 0 Å². The van der Waals surface area contributed by atoms with Gasteiger partial charge in [0.25, 0.3) is 0 Å². The van der Waals surface area contributed by atoms with Gasteiger partial charge in [0.1, 0.15) is 5.82 Å². The average Bonchev–Trinajstić information content (AvgIpc) is 2.89. The Morgan fingerprint density at radius 2 is 2.22 bits per heavy atom. The summed E-state index contributed by atoms with van der Waals surface area (Å²) in [5.74, 6) is 0.755. The third-order valence-electron chi connectivity index (χ3n) is 3.54. The van der Waals surface area contributed by atoms with E-state index in [2.05, 4.69) is 9.88 Å². The van der Waals surface area contributed by atoms with E-state index in [1.54, 1.807) is 19.2 Å². The third-order valence-corrected chi connectivity index (χ3v) is 3.54. The molecule has 0 bridgehead atoms. The van der Waals surface area contributed by atoms with E-state index < -0.39 is 0 Å². The molecule has 1 aliphatic carbocycles. The summed E-state index contributed by atoms with van der Waals surface area (Å²) in [7, 11) is 0. The second-order valence-electron chi connectivity index (χ2n) is 4.79. The second-order valence-corrected chi connectivity index (χ2v) is 4.79. The van der Waals surface area contributed by atoms with Crippen LogP contribution in [-0.4, -0.2) is 35.1 Å². The number of nitrogens with zero attached hydrogens (tertiary/aromatic N) is 2. The number of Topliss-reactive ketones (excluding diaryl/α,β-unsaturated/α-hetero) is 1. The fourth-order valence-corrected chi connectivity index (χ4v) is 2.69. The number of hydrogen-bond donors (Lipinski definition) is 1. The molecule has 1 N–H and O–H groups in total. The maximum absolute atomic E-state index is 11.7. The third kappa shape index (κ3) is 2.70. The molecule has 1 aliphatic rings. The monoisotopic (exact) mass is 248 g/mol. The van der Waals surface area contributed by atoms with Gasteiger partial charge >= 0.3 is 0 Å². The maximum Gasteiger partial charge on any atom is 0.163 e. The number of carbonyl (C=O) groups is 1. The number of aromatic nitrogens is 1. The van der Waals surface area contributed by atoms with E-state index in [4.69, 9.17) is 0 Å². The van der Waals surface area contributed by atoms with Gasteiger partial charge in [-0.1, -0.05) is 12.8 Å². The zero-order valence-electron chi connectivity index (χ0n) is 10.8. The lowest BCUT2D eigenvalue weighted by molar-refractivity contribution is 0.101. The Balaban J connectivity index is 2.32. The second kappa shape index (κ2) is 5.96. The van der Waals surface area contributed by atoms with Crippen LogP contribution < -0.4 is 4.90 Å². The molecule has 98 valence electrons. The van der Waals surface area contributed by atoms with E-state index in [9.17, 15) is 9.90 Å². The zero-order valence-corrected chi connectivity index (χ0v) is 10.8. The van der Waals surface area contributed by atoms with Crippen molar-refractivity contribution in [2.24, 2.45) is 0 Å². The van der Waals surface area contributed by atoms with Gasteiger partial charge < -0.3 is 10.0 Å². The molecule has 0 saturated heterocycles. The topological polar surface area (TPSA) is 53.4 Å². The van der Waals surface area contributed by atoms with E-state index in [1.165, 1.54) is 12.8 Å². The van der Waals surface area contributed by atoms with Gasteiger partial charge in [0, 0.05) is 18.8 Å². The Bertz CT molecular complexity index is 414. The van der Waals surface area contributed by atoms with Crippen molar-refractivity contribution in [2.45, 2.75) is 38.6 Å². The molecule has 0 amide bonds. The number of hydrogen-bond acceptors (Lipinski definition) is 4. The number of ketones is 1. The molecule has 2 rings (SSSR count). The Hall–Kier alpha value is -1.42. The van der Waals surface area contributed by atoms with Gasteiger partial charge in [0.05, 0.1) is 12.2 Å². The standard InChI is InChI=1S/C14H20N2O2/c1-11(18)13-7-4-8-15-14(13)16(9-10-17)12-5-2-3-6-12/h4,7-8,12,17H,2-3,5-6,9-10H2,1H3. The molecule has 0 radical (unpaired) electrons. The molecule has 18 heavy (non-hydrogen) atoms. The van der Waals surface area contributed by atoms with Gasteiger partial charge in [-0.3, -0.25) is 4.79 Å². The predicted octanol–water partition coefficient (Wildman–Crippen LogP) is 2.03. The van der Waals surface area contributed by atoms with Crippen molar-refractivity contribution in [3.63, 3.8) is 0 Å². The van der Waals surface area contributed by atoms with Crippen molar-refractivity contribution < 1.29 is 9.90 Å². The van der Waals surface area contributed by atoms with Gasteiger partial charge in [-0.15, -0.1) is 0 Å². The molecule has 0 aromatic carbocycles. The Morgan fingerprint density at radius 1 is 1.50 bits per heavy atom. The summed E-state index contributed by atoms with van der Waals surface area (Å²) in [6, 6.07) is 4.00. The minimum Gasteiger partial charge on any atom is -0.395 e. The largest absolute Gasteiger partial charge is 0.395 e. The van der Waals surface area contributed by atoms with Crippen molar-refractivity contribution in [2.75, 3.05) is 18.1 Å². The molecule has 1 aromatic heterocycles. The van der Waals surface area contributed by atoms with E-state index in [0.29, 0.717) is 18.2 Å². The van der Waals surface area contributed by atoms with Crippen LogP contribution in [0.15, 0.2) is 18.3 Å². The minimum atomic E-state index is 0.0269. The highest BCUT2D eigenvalue weighted by Gasteiger charge is 2.25. The number of aliphatic hydroxyl groups is 1. The molecule has 1 heterocycles. The van der Waals surface area contributed by atoms with Gasteiger partial charge in [0.2, 0.25) is 0 Å². The van der Waals surface area contributed by atoms with Gasteiger partial charge in [-0.2, -0.15) is 0 Å². The van der Waals surface area contributed by atoms with Crippen molar-refractivity contribution in [3.05, 3.63) is 23.9 Å². The molecule has 4 nitrogen and oxygen atoms in total. The summed E-state index contributed by atoms with van der Waals surface area (Å²) in [5, 5.41) is 9.23. The van der Waals surface area contributed by atoms with Crippen molar-refractivity contribution in [3.8, 4) is 0 Å². The van der Waals surface area contributed by atoms with Gasteiger partial charge in [-0.25, -0.2) is 4.98 Å². The molecule has 1 saturated carbocycles. The molecule has 4 heteroatoms. The van der Waals surface area contributed by atoms with Crippen molar-refractivity contribution in [1.29, 1.82) is 0 Å². The van der Waals surface area contributed by atoms with E-state index >= 15 is 0 Å². The van der Waals surface area contributed by atoms with E-state index in [1.807, 2.05) is 6.07 Å². The molecule has 0 spiro atoms. The van der Waals surface area contributed by atoms with Crippen LogP contribution >= 0.6 is 0 Å². The summed E-state index contributed by atoms with van der Waals surface area (Å²) >= 11 is 0. The zero-order chi connectivity index (χ0) is 13.0. The smallest absolute Gasteiger partial charge is 0.163 e. The Kier molecular flexibility index (Phi) is 4.31. The summed E-state index contributed by atoms with van der Waals surface area (Å²) in [6.07, 6.45) is 6.38. The number of pyridine rings is 1. The first-order chi connectivity index (χ1) is 8.74. The van der Waals surface area contributed by atoms with Crippen LogP contribution in [0.3, 0.4) is 0 Å². The predicted molar refractivity (Wildman–Crippen MR) is 70.9 cm³/mol. The molecule has 0 unspecified atom stereocenters. The fraction of sp³-hybridized carbons (Fsp3) is 0.571. The first-order valence-electron chi connectivity index (χ1n) is 6.57. The quantitative estimate of drug-likeness (QED) is 0.810. The Morgan fingerprint density at radius 3 is 2.83 bits per heavy atom. The summed E-state index contributed by atoms with van der Waals surface area (Å²) < 4.78 is 0. The summed E-state index contributed by atoms with van der Waals surface area (Å²) in [6.45, 7) is 2.19. The van der Waals surface area contributed by atoms with Crippen LogP contribution in [0.25, 0.3) is 0 Å². The van der Waals surface area contributed by atoms with Crippen molar-refractivity contribution in [1.82, 2.24) is 4.98 Å². The highest BCUT2D eigenvalue weighted by Crippen LogP contribution is 2.28. The first kappa shape index (κ1) is 13.0. The number of aliphatic hydroxyl groups excluding tert-OH is 1. The van der Waals surface area contributed by atoms with Crippen LogP contribution in [0, 0.1) is 0 Å². The maximum atomic E-state index is 11.7. The average molecular weight is 248 g/mol. The fourth-order valence-electron chi connectivity index (χ4n) is 2.69. The first-order valence-corrected chi connectivity index (χ1v) is 6.57. The van der Waals surface area contributed by atoms with Gasteiger partial charge in [-0.05, 0) is 31.9 Å². The SMILES string of the molecule is CC(=O)c1cccnc1N(CCO)C1CCCC1. The minimum absolute atomic E-state index is 0.0269. The van der Waals surface area contributed by atoms with Crippen LogP contribution in [0.4, 0.5) is 5.82 Å². The van der Waals surface area contributed by atoms with E-state index in [0.717, 1.165) is 18.7 Å². The highest BCUT2D eigenvalue weighted by atomic mass is 16.3. The summed E-state index contributed by atoms with van der Waals surface area (Å²) in [5.41, 5.74) is 0.651. The van der Waals surface area contributed by atoms with Crippen LogP contribution in [0.1, 0.15) is 43.0 Å². The lowest BCUT2D eigenvalue weighted by atomic mass is 10.1. The lowest BCUT2D eigenvalue weighted by Crippen LogP contribution is -2.37. The molecule has 1 aromatic rings. The molecule has 0 atom stereocenters. The molecular formula is C14H20N2O2. The van der Waals surface area contributed by atoms with Gasteiger partial charge in [0.15, 0.2) is 5.78 Å². The number of anilines is 1. The number of carbonyl (C=O) groups excluding carboxylic acids is 1. The molecular weight excluding hydrogens is 228 g/mol. The normalized spacial score (nSPS) is 15.9. The van der Waals surface area contributed by atoms with Crippen LogP contribution in [0.2, 0.25) is 0 Å². The number of rotatable bonds is 5. The van der Waals surface area contributed by atoms with Crippen LogP contribution in [-0.2, 0) is 0 Å². The van der Waals surface area contributed by atoms with E-state index in [-0.39, 0.29) is 12.4 Å². The molecule has 0 aliphatic heterocycles. The van der Waals surface area contributed by atoms with Crippen molar-refractivity contribution >= 4 is 11.6 Å². The Labute approximate surface area is 108 Å². The highest BCUT2D eigenvalue weighted by molar-refractivity contribution is 5.98. The lowest BCUT2D eigenvalue weighted by Gasteiger charge is -2.30. The molecule has 1 fully saturated rings.